The van der Waals surface area contributed by atoms with Gasteiger partial charge >= 0.3 is 0 Å². The molecule has 1 N–H and O–H groups in total. The quantitative estimate of drug-likeness (QED) is 0.606. The number of aromatic nitrogens is 2. The topological polar surface area (TPSA) is 70.8 Å². The number of allylic oxidation sites excluding steroid dienone is 3. The fourth-order valence-corrected chi connectivity index (χ4v) is 4.33. The van der Waals surface area contributed by atoms with Gasteiger partial charge in [0.2, 0.25) is 0 Å². The highest BCUT2D eigenvalue weighted by atomic mass is 19.1. The molecule has 1 atom stereocenters. The van der Waals surface area contributed by atoms with E-state index in [1.807, 2.05) is 31.2 Å². The monoisotopic (exact) mass is 462 g/mol. The number of nitrogens with zero attached hydrogens (tertiary/aromatic N) is 4. The Morgan fingerprint density at radius 3 is 2.71 bits per heavy atom. The molecule has 1 aromatic heterocycles. The lowest BCUT2D eigenvalue weighted by Crippen LogP contribution is -2.36. The molecule has 1 fully saturated rings. The highest BCUT2D eigenvalue weighted by molar-refractivity contribution is 5.94. The Balaban J connectivity index is 1.58. The molecule has 8 heteroatoms. The molecule has 1 unspecified atom stereocenters. The molecule has 174 valence electrons. The summed E-state index contributed by atoms with van der Waals surface area (Å²) < 4.78 is 35.2. The summed E-state index contributed by atoms with van der Waals surface area (Å²) in [7, 11) is 0. The molecule has 0 saturated carbocycles. The van der Waals surface area contributed by atoms with Crippen LogP contribution in [0.5, 0.6) is 0 Å². The van der Waals surface area contributed by atoms with Crippen LogP contribution in [-0.2, 0) is 4.74 Å². The van der Waals surface area contributed by atoms with Crippen LogP contribution in [-0.4, -0.2) is 47.6 Å². The van der Waals surface area contributed by atoms with Gasteiger partial charge in [-0.25, -0.2) is 18.7 Å². The van der Waals surface area contributed by atoms with E-state index in [2.05, 4.69) is 19.9 Å². The number of ether oxygens (including phenoxy) is 1. The fraction of sp³-hybridized carbons (Fsp3) is 0.269. The molecule has 1 saturated heterocycles. The maximum Gasteiger partial charge on any atom is 0.135 e. The number of hydrogen-bond acceptors (Lipinski definition) is 6. The number of aliphatic hydroxyl groups is 1. The summed E-state index contributed by atoms with van der Waals surface area (Å²) in [6.45, 7) is 4.72. The number of fused-ring (bicyclic) bond motifs is 1. The van der Waals surface area contributed by atoms with E-state index in [0.717, 1.165) is 30.4 Å². The van der Waals surface area contributed by atoms with Gasteiger partial charge in [0.05, 0.1) is 30.1 Å². The normalized spacial score (nSPS) is 17.4. The predicted molar refractivity (Wildman–Crippen MR) is 128 cm³/mol. The minimum Gasteiger partial charge on any atom is -0.382 e. The third-order valence-corrected chi connectivity index (χ3v) is 6.19. The zero-order chi connectivity index (χ0) is 23.7. The van der Waals surface area contributed by atoms with Gasteiger partial charge in [0, 0.05) is 47.6 Å². The number of benzene rings is 2. The van der Waals surface area contributed by atoms with Gasteiger partial charge in [-0.1, -0.05) is 6.08 Å². The maximum absolute atomic E-state index is 15.0. The SMILES string of the molecule is CC1=C(C(O)c2cc(-c3ncnc4cc(N5CCOCC5)ccc34)c(F)cc2F)N=CC=CC1. The van der Waals surface area contributed by atoms with Crippen molar-refractivity contribution in [1.82, 2.24) is 9.97 Å². The number of anilines is 1. The van der Waals surface area contributed by atoms with E-state index < -0.39 is 17.7 Å². The minimum atomic E-state index is -1.34. The smallest absolute Gasteiger partial charge is 0.135 e. The van der Waals surface area contributed by atoms with E-state index in [1.165, 1.54) is 12.4 Å². The second kappa shape index (κ2) is 9.40. The average Bonchev–Trinajstić information content (AvgIpc) is 3.08. The molecule has 2 aliphatic rings. The summed E-state index contributed by atoms with van der Waals surface area (Å²) in [4.78, 5) is 15.2. The number of hydrogen-bond donors (Lipinski definition) is 1. The lowest BCUT2D eigenvalue weighted by molar-refractivity contribution is 0.122. The molecule has 3 heterocycles. The summed E-state index contributed by atoms with van der Waals surface area (Å²) >= 11 is 0. The van der Waals surface area contributed by atoms with Crippen LogP contribution in [0.25, 0.3) is 22.2 Å². The molecule has 0 aliphatic carbocycles. The first-order valence-electron chi connectivity index (χ1n) is 11.2. The third kappa shape index (κ3) is 4.22. The lowest BCUT2D eigenvalue weighted by Gasteiger charge is -2.29. The molecule has 5 rings (SSSR count). The van der Waals surface area contributed by atoms with Gasteiger partial charge in [-0.05, 0) is 49.3 Å². The standard InChI is InChI=1S/C26H24F2N4O2/c1-16-4-2-3-7-29-24(16)26(33)20-13-19(21(27)14-22(20)28)25-18-6-5-17(12-23(18)30-15-31-25)32-8-10-34-11-9-32/h2-3,5-7,12-15,26,33H,4,8-11H2,1H3. The highest BCUT2D eigenvalue weighted by Gasteiger charge is 2.23. The van der Waals surface area contributed by atoms with E-state index in [4.69, 9.17) is 4.74 Å². The van der Waals surface area contributed by atoms with Gasteiger partial charge in [0.25, 0.3) is 0 Å². The molecule has 6 nitrogen and oxygen atoms in total. The Hall–Kier alpha value is -3.49. The van der Waals surface area contributed by atoms with Gasteiger partial charge in [0.1, 0.15) is 24.1 Å². The molecular formula is C26H24F2N4O2. The van der Waals surface area contributed by atoms with Crippen LogP contribution >= 0.6 is 0 Å². The van der Waals surface area contributed by atoms with E-state index >= 15 is 4.39 Å². The number of aliphatic hydroxyl groups excluding tert-OH is 1. The zero-order valence-electron chi connectivity index (χ0n) is 18.7. The van der Waals surface area contributed by atoms with E-state index in [1.54, 1.807) is 12.3 Å². The Morgan fingerprint density at radius 1 is 1.06 bits per heavy atom. The molecule has 0 amide bonds. The number of halogens is 2. The molecule has 2 aromatic carbocycles. The van der Waals surface area contributed by atoms with E-state index in [0.29, 0.717) is 41.9 Å². The van der Waals surface area contributed by atoms with Crippen molar-refractivity contribution < 1.29 is 18.6 Å². The van der Waals surface area contributed by atoms with Crippen LogP contribution < -0.4 is 4.90 Å². The summed E-state index contributed by atoms with van der Waals surface area (Å²) in [5.41, 5.74) is 3.19. The Morgan fingerprint density at radius 2 is 1.88 bits per heavy atom. The molecule has 34 heavy (non-hydrogen) atoms. The fourth-order valence-electron chi connectivity index (χ4n) is 4.33. The number of rotatable bonds is 4. The highest BCUT2D eigenvalue weighted by Crippen LogP contribution is 2.35. The van der Waals surface area contributed by atoms with Crippen molar-refractivity contribution >= 4 is 22.8 Å². The van der Waals surface area contributed by atoms with Crippen LogP contribution in [0.3, 0.4) is 0 Å². The molecular weight excluding hydrogens is 438 g/mol. The summed E-state index contributed by atoms with van der Waals surface area (Å²) in [6.07, 6.45) is 5.85. The van der Waals surface area contributed by atoms with Crippen molar-refractivity contribution in [3.05, 3.63) is 77.3 Å². The molecule has 0 spiro atoms. The minimum absolute atomic E-state index is 0.0542. The van der Waals surface area contributed by atoms with Crippen molar-refractivity contribution in [2.75, 3.05) is 31.2 Å². The van der Waals surface area contributed by atoms with E-state index in [9.17, 15) is 9.50 Å². The summed E-state index contributed by atoms with van der Waals surface area (Å²) in [5, 5.41) is 11.6. The van der Waals surface area contributed by atoms with Crippen LogP contribution in [0.15, 0.2) is 65.1 Å². The first-order chi connectivity index (χ1) is 16.5. The number of morpholine rings is 1. The van der Waals surface area contributed by atoms with Gasteiger partial charge in [-0.15, -0.1) is 0 Å². The second-order valence-corrected chi connectivity index (χ2v) is 8.36. The largest absolute Gasteiger partial charge is 0.382 e. The Labute approximate surface area is 195 Å². The maximum atomic E-state index is 15.0. The zero-order valence-corrected chi connectivity index (χ0v) is 18.7. The first-order valence-corrected chi connectivity index (χ1v) is 11.2. The lowest BCUT2D eigenvalue weighted by atomic mass is 9.97. The van der Waals surface area contributed by atoms with Crippen LogP contribution in [0, 0.1) is 11.6 Å². The molecule has 0 bridgehead atoms. The van der Waals surface area contributed by atoms with E-state index in [-0.39, 0.29) is 11.1 Å². The third-order valence-electron chi connectivity index (χ3n) is 6.19. The summed E-state index contributed by atoms with van der Waals surface area (Å²) in [6, 6.07) is 7.84. The molecule has 3 aromatic rings. The number of aliphatic imine (C=N–C) groups is 1. The molecule has 0 radical (unpaired) electrons. The first kappa shape index (κ1) is 22.3. The summed E-state index contributed by atoms with van der Waals surface area (Å²) in [5.74, 6) is -1.60. The van der Waals surface area contributed by atoms with Crippen molar-refractivity contribution in [2.24, 2.45) is 4.99 Å². The Bertz CT molecular complexity index is 1330. The van der Waals surface area contributed by atoms with Crippen molar-refractivity contribution in [1.29, 1.82) is 0 Å². The van der Waals surface area contributed by atoms with Crippen molar-refractivity contribution in [3.63, 3.8) is 0 Å². The van der Waals surface area contributed by atoms with Gasteiger partial charge in [-0.2, -0.15) is 0 Å². The predicted octanol–water partition coefficient (Wildman–Crippen LogP) is 4.75. The van der Waals surface area contributed by atoms with Crippen LogP contribution in [0.1, 0.15) is 25.0 Å². The van der Waals surface area contributed by atoms with Gasteiger partial charge < -0.3 is 14.7 Å². The van der Waals surface area contributed by atoms with Crippen LogP contribution in [0.4, 0.5) is 14.5 Å². The average molecular weight is 463 g/mol. The van der Waals surface area contributed by atoms with Gasteiger partial charge in [-0.3, -0.25) is 4.99 Å². The van der Waals surface area contributed by atoms with Crippen molar-refractivity contribution in [2.45, 2.75) is 19.4 Å². The second-order valence-electron chi connectivity index (χ2n) is 8.36. The van der Waals surface area contributed by atoms with Crippen LogP contribution in [0.2, 0.25) is 0 Å². The molecule has 2 aliphatic heterocycles. The van der Waals surface area contributed by atoms with Gasteiger partial charge in [0.15, 0.2) is 0 Å². The Kier molecular flexibility index (Phi) is 6.17. The van der Waals surface area contributed by atoms with Crippen molar-refractivity contribution in [3.8, 4) is 11.3 Å².